The molecule has 1 N–H and O–H groups in total. The van der Waals surface area contributed by atoms with Crippen LogP contribution in [0.2, 0.25) is 0 Å². The van der Waals surface area contributed by atoms with Crippen molar-refractivity contribution in [2.75, 3.05) is 13.1 Å². The molecule has 0 radical (unpaired) electrons. The molecule has 5 heteroatoms. The summed E-state index contributed by atoms with van der Waals surface area (Å²) in [5.41, 5.74) is 0. The first-order valence-corrected chi connectivity index (χ1v) is 7.69. The van der Waals surface area contributed by atoms with Gasteiger partial charge >= 0.3 is 5.97 Å². The zero-order chi connectivity index (χ0) is 14.9. The van der Waals surface area contributed by atoms with Crippen molar-refractivity contribution in [3.8, 4) is 0 Å². The maximum absolute atomic E-state index is 12.5. The first-order chi connectivity index (χ1) is 9.41. The molecule has 0 aromatic carbocycles. The number of aliphatic carboxylic acids is 1. The lowest BCUT2D eigenvalue weighted by Gasteiger charge is -2.40. The second-order valence-corrected chi connectivity index (χ2v) is 6.45. The van der Waals surface area contributed by atoms with Gasteiger partial charge in [0.2, 0.25) is 5.91 Å². The molecule has 2 fully saturated rings. The number of carbonyl (C=O) groups excluding carboxylic acids is 1. The van der Waals surface area contributed by atoms with Crippen molar-refractivity contribution in [2.24, 2.45) is 5.92 Å². The van der Waals surface area contributed by atoms with E-state index in [4.69, 9.17) is 0 Å². The molecule has 0 saturated carbocycles. The molecule has 20 heavy (non-hydrogen) atoms. The minimum atomic E-state index is -0.803. The maximum Gasteiger partial charge on any atom is 0.321 e. The Labute approximate surface area is 120 Å². The minimum Gasteiger partial charge on any atom is -0.480 e. The number of amides is 1. The third-order valence-electron chi connectivity index (χ3n) is 4.88. The molecule has 4 unspecified atom stereocenters. The summed E-state index contributed by atoms with van der Waals surface area (Å²) in [4.78, 5) is 27.7. The molecular weight excluding hydrogens is 256 g/mol. The molecule has 0 bridgehead atoms. The van der Waals surface area contributed by atoms with E-state index in [2.05, 4.69) is 13.8 Å². The van der Waals surface area contributed by atoms with Crippen LogP contribution in [0, 0.1) is 5.92 Å². The molecule has 2 aliphatic rings. The largest absolute Gasteiger partial charge is 0.480 e. The molecule has 0 aliphatic carbocycles. The number of rotatable bonds is 3. The Morgan fingerprint density at radius 3 is 2.25 bits per heavy atom. The third kappa shape index (κ3) is 2.97. The molecule has 2 rings (SSSR count). The van der Waals surface area contributed by atoms with Gasteiger partial charge in [-0.15, -0.1) is 0 Å². The molecule has 2 aliphatic heterocycles. The van der Waals surface area contributed by atoms with Gasteiger partial charge in [-0.2, -0.15) is 0 Å². The van der Waals surface area contributed by atoms with Crippen molar-refractivity contribution in [3.05, 3.63) is 0 Å². The molecule has 5 nitrogen and oxygen atoms in total. The van der Waals surface area contributed by atoms with Gasteiger partial charge in [0, 0.05) is 12.1 Å². The van der Waals surface area contributed by atoms with Gasteiger partial charge in [-0.1, -0.05) is 6.92 Å². The predicted octanol–water partition coefficient (Wildman–Crippen LogP) is 1.57. The van der Waals surface area contributed by atoms with Crippen LogP contribution in [-0.2, 0) is 9.59 Å². The third-order valence-corrected chi connectivity index (χ3v) is 4.88. The molecule has 2 saturated heterocycles. The summed E-state index contributed by atoms with van der Waals surface area (Å²) in [7, 11) is 0. The number of hydrogen-bond acceptors (Lipinski definition) is 3. The monoisotopic (exact) mass is 282 g/mol. The second kappa shape index (κ2) is 6.12. The van der Waals surface area contributed by atoms with Crippen molar-refractivity contribution < 1.29 is 14.7 Å². The van der Waals surface area contributed by atoms with E-state index in [-0.39, 0.29) is 30.5 Å². The number of carboxylic acid groups (broad SMARTS) is 1. The Morgan fingerprint density at radius 2 is 1.70 bits per heavy atom. The topological polar surface area (TPSA) is 60.9 Å². The summed E-state index contributed by atoms with van der Waals surface area (Å²) in [6.07, 6.45) is 4.13. The number of piperidine rings is 1. The first kappa shape index (κ1) is 15.3. The average molecular weight is 282 g/mol. The number of carbonyl (C=O) groups is 2. The van der Waals surface area contributed by atoms with Crippen LogP contribution < -0.4 is 0 Å². The molecule has 0 spiro atoms. The quantitative estimate of drug-likeness (QED) is 0.853. The summed E-state index contributed by atoms with van der Waals surface area (Å²) < 4.78 is 0. The second-order valence-electron chi connectivity index (χ2n) is 6.45. The highest BCUT2D eigenvalue weighted by Crippen LogP contribution is 2.26. The highest BCUT2D eigenvalue weighted by molar-refractivity contribution is 5.81. The summed E-state index contributed by atoms with van der Waals surface area (Å²) >= 11 is 0. The van der Waals surface area contributed by atoms with E-state index in [0.717, 1.165) is 19.3 Å². The van der Waals surface area contributed by atoms with E-state index in [1.54, 1.807) is 0 Å². The van der Waals surface area contributed by atoms with E-state index < -0.39 is 12.0 Å². The van der Waals surface area contributed by atoms with Gasteiger partial charge in [-0.25, -0.2) is 0 Å². The van der Waals surface area contributed by atoms with Crippen LogP contribution >= 0.6 is 0 Å². The van der Waals surface area contributed by atoms with Crippen LogP contribution in [0.4, 0.5) is 0 Å². The summed E-state index contributed by atoms with van der Waals surface area (Å²) in [6, 6.07) is 0.0402. The Hall–Kier alpha value is -1.10. The number of nitrogens with zero attached hydrogens (tertiary/aromatic N) is 2. The average Bonchev–Trinajstić information content (AvgIpc) is 2.70. The van der Waals surface area contributed by atoms with Gasteiger partial charge < -0.3 is 10.0 Å². The standard InChI is InChI=1S/C15H26N2O3/c1-10-7-8-16(14(10)15(19)20)9-13(18)17-11(2)5-4-6-12(17)3/h10-12,14H,4-9H2,1-3H3,(H,19,20). The lowest BCUT2D eigenvalue weighted by molar-refractivity contribution is -0.145. The molecular formula is C15H26N2O3. The molecule has 4 atom stereocenters. The van der Waals surface area contributed by atoms with E-state index in [1.807, 2.05) is 16.7 Å². The van der Waals surface area contributed by atoms with Crippen molar-refractivity contribution in [1.82, 2.24) is 9.80 Å². The normalized spacial score (nSPS) is 35.2. The molecule has 0 aromatic rings. The predicted molar refractivity (Wildman–Crippen MR) is 76.4 cm³/mol. The Balaban J connectivity index is 2.01. The molecule has 2 heterocycles. The van der Waals surface area contributed by atoms with Crippen molar-refractivity contribution in [3.63, 3.8) is 0 Å². The molecule has 0 aromatic heterocycles. The molecule has 114 valence electrons. The SMILES string of the molecule is CC1CCN(CC(=O)N2C(C)CCCC2C)C1C(=O)O. The minimum absolute atomic E-state index is 0.0880. The molecule has 1 amide bonds. The Bertz CT molecular complexity index is 375. The van der Waals surface area contributed by atoms with E-state index in [9.17, 15) is 14.7 Å². The fraction of sp³-hybridized carbons (Fsp3) is 0.867. The van der Waals surface area contributed by atoms with Crippen molar-refractivity contribution in [1.29, 1.82) is 0 Å². The fourth-order valence-electron chi connectivity index (χ4n) is 3.77. The van der Waals surface area contributed by atoms with Gasteiger partial charge in [0.25, 0.3) is 0 Å². The number of carboxylic acids is 1. The van der Waals surface area contributed by atoms with Gasteiger partial charge in [0.1, 0.15) is 6.04 Å². The van der Waals surface area contributed by atoms with Crippen LogP contribution in [0.1, 0.15) is 46.5 Å². The smallest absolute Gasteiger partial charge is 0.321 e. The number of hydrogen-bond donors (Lipinski definition) is 1. The van der Waals surface area contributed by atoms with Crippen LogP contribution in [0.15, 0.2) is 0 Å². The summed E-state index contributed by atoms with van der Waals surface area (Å²) in [5, 5.41) is 9.31. The highest BCUT2D eigenvalue weighted by Gasteiger charge is 2.39. The van der Waals surface area contributed by atoms with E-state index in [0.29, 0.717) is 6.54 Å². The van der Waals surface area contributed by atoms with Crippen LogP contribution in [0.3, 0.4) is 0 Å². The van der Waals surface area contributed by atoms with Gasteiger partial charge in [-0.05, 0) is 52.0 Å². The Kier molecular flexibility index (Phi) is 4.68. The van der Waals surface area contributed by atoms with Crippen LogP contribution in [-0.4, -0.2) is 58.0 Å². The van der Waals surface area contributed by atoms with Gasteiger partial charge in [0.15, 0.2) is 0 Å². The fourth-order valence-corrected chi connectivity index (χ4v) is 3.77. The van der Waals surface area contributed by atoms with Gasteiger partial charge in [0.05, 0.1) is 6.54 Å². The summed E-state index contributed by atoms with van der Waals surface area (Å²) in [6.45, 7) is 7.09. The van der Waals surface area contributed by atoms with E-state index >= 15 is 0 Å². The highest BCUT2D eigenvalue weighted by atomic mass is 16.4. The lowest BCUT2D eigenvalue weighted by Crippen LogP contribution is -2.52. The van der Waals surface area contributed by atoms with Gasteiger partial charge in [-0.3, -0.25) is 14.5 Å². The zero-order valence-corrected chi connectivity index (χ0v) is 12.7. The zero-order valence-electron chi connectivity index (χ0n) is 12.7. The number of likely N-dealkylation sites (tertiary alicyclic amines) is 2. The lowest BCUT2D eigenvalue weighted by atomic mass is 9.97. The summed E-state index contributed by atoms with van der Waals surface area (Å²) in [5.74, 6) is -0.593. The van der Waals surface area contributed by atoms with E-state index in [1.165, 1.54) is 6.42 Å². The maximum atomic E-state index is 12.5. The van der Waals surface area contributed by atoms with Crippen molar-refractivity contribution in [2.45, 2.75) is 64.6 Å². The van der Waals surface area contributed by atoms with Crippen LogP contribution in [0.5, 0.6) is 0 Å². The Morgan fingerprint density at radius 1 is 1.10 bits per heavy atom. The van der Waals surface area contributed by atoms with Crippen molar-refractivity contribution >= 4 is 11.9 Å². The first-order valence-electron chi connectivity index (χ1n) is 7.69. The van der Waals surface area contributed by atoms with Crippen LogP contribution in [0.25, 0.3) is 0 Å².